The molecule has 1 fully saturated rings. The van der Waals surface area contributed by atoms with Crippen molar-refractivity contribution in [2.24, 2.45) is 11.8 Å². The fraction of sp³-hybridized carbons (Fsp3) is 0.333. The van der Waals surface area contributed by atoms with Crippen LogP contribution in [-0.4, -0.2) is 16.5 Å². The van der Waals surface area contributed by atoms with Crippen LogP contribution >= 0.6 is 0 Å². The number of carbonyl (C=O) groups is 1. The van der Waals surface area contributed by atoms with E-state index in [9.17, 15) is 18.4 Å². The minimum Gasteiger partial charge on any atom is -0.349 e. The normalized spacial score (nSPS) is 21.5. The van der Waals surface area contributed by atoms with Crippen molar-refractivity contribution in [3.05, 3.63) is 76.2 Å². The highest BCUT2D eigenvalue weighted by molar-refractivity contribution is 6.06. The molecule has 1 aliphatic rings. The molecule has 2 aromatic carbocycles. The zero-order valence-electron chi connectivity index (χ0n) is 17.0. The Bertz CT molecular complexity index is 1170. The molecule has 4 rings (SSSR count). The number of rotatable bonds is 3. The maximum absolute atomic E-state index is 14.4. The van der Waals surface area contributed by atoms with Crippen molar-refractivity contribution in [2.75, 3.05) is 0 Å². The number of hydrogen-bond acceptors (Lipinski definition) is 2. The fourth-order valence-corrected chi connectivity index (χ4v) is 4.36. The summed E-state index contributed by atoms with van der Waals surface area (Å²) >= 11 is 0. The number of benzene rings is 2. The maximum Gasteiger partial charge on any atom is 0.263 e. The van der Waals surface area contributed by atoms with E-state index < -0.39 is 17.2 Å². The van der Waals surface area contributed by atoms with Gasteiger partial charge in [0.1, 0.15) is 11.6 Å². The van der Waals surface area contributed by atoms with Gasteiger partial charge < -0.3 is 5.32 Å². The van der Waals surface area contributed by atoms with Crippen LogP contribution in [0.5, 0.6) is 0 Å². The molecular formula is C24H24F2N2O2. The van der Waals surface area contributed by atoms with Gasteiger partial charge in [0.05, 0.1) is 11.3 Å². The molecule has 4 nitrogen and oxygen atoms in total. The first-order valence-corrected chi connectivity index (χ1v) is 10.3. The summed E-state index contributed by atoms with van der Waals surface area (Å²) in [4.78, 5) is 26.2. The second-order valence-electron chi connectivity index (χ2n) is 8.21. The number of aromatic nitrogens is 1. The van der Waals surface area contributed by atoms with E-state index in [1.54, 1.807) is 24.3 Å². The second kappa shape index (κ2) is 8.01. The average Bonchev–Trinajstić information content (AvgIpc) is 2.72. The van der Waals surface area contributed by atoms with Crippen LogP contribution < -0.4 is 10.9 Å². The minimum atomic E-state index is -0.867. The minimum absolute atomic E-state index is 0.0444. The number of amides is 1. The van der Waals surface area contributed by atoms with Crippen molar-refractivity contribution in [2.45, 2.75) is 39.2 Å². The smallest absolute Gasteiger partial charge is 0.263 e. The zero-order valence-corrected chi connectivity index (χ0v) is 17.0. The van der Waals surface area contributed by atoms with E-state index in [0.717, 1.165) is 36.0 Å². The number of hydrogen-bond donors (Lipinski definition) is 1. The summed E-state index contributed by atoms with van der Waals surface area (Å²) in [5.41, 5.74) is -0.271. The molecule has 0 radical (unpaired) electrons. The predicted octanol–water partition coefficient (Wildman–Crippen LogP) is 4.82. The molecule has 0 saturated heterocycles. The molecule has 30 heavy (non-hydrogen) atoms. The first-order valence-electron chi connectivity index (χ1n) is 10.3. The Morgan fingerprint density at radius 1 is 1.07 bits per heavy atom. The standard InChI is InChI=1S/C24H24F2N2O2/c1-14-6-5-9-21(15(14)2)27-23(29)19-13-28(22-11-10-16(25)12-20(22)26)24(30)18-8-4-3-7-17(18)19/h3-4,7-8,10-15,21H,5-6,9H2,1-2H3,(H,27,29)/t14-,15-,21-/m1/s1. The topological polar surface area (TPSA) is 51.1 Å². The van der Waals surface area contributed by atoms with Crippen LogP contribution in [0.25, 0.3) is 16.5 Å². The fourth-order valence-electron chi connectivity index (χ4n) is 4.36. The molecule has 0 spiro atoms. The largest absolute Gasteiger partial charge is 0.349 e. The van der Waals surface area contributed by atoms with Crippen molar-refractivity contribution in [1.29, 1.82) is 0 Å². The molecule has 3 atom stereocenters. The van der Waals surface area contributed by atoms with Gasteiger partial charge in [-0.25, -0.2) is 8.78 Å². The lowest BCUT2D eigenvalue weighted by atomic mass is 9.78. The van der Waals surface area contributed by atoms with Gasteiger partial charge in [0, 0.05) is 29.1 Å². The van der Waals surface area contributed by atoms with Gasteiger partial charge in [0.25, 0.3) is 11.5 Å². The third kappa shape index (κ3) is 3.62. The summed E-state index contributed by atoms with van der Waals surface area (Å²) in [6, 6.07) is 9.83. The van der Waals surface area contributed by atoms with Crippen molar-refractivity contribution >= 4 is 16.7 Å². The van der Waals surface area contributed by atoms with Crippen LogP contribution in [0.2, 0.25) is 0 Å². The van der Waals surface area contributed by atoms with Crippen LogP contribution in [0, 0.1) is 23.5 Å². The quantitative estimate of drug-likeness (QED) is 0.673. The van der Waals surface area contributed by atoms with Crippen LogP contribution in [0.3, 0.4) is 0 Å². The lowest BCUT2D eigenvalue weighted by molar-refractivity contribution is 0.0892. The Hall–Kier alpha value is -3.02. The first-order chi connectivity index (χ1) is 14.4. The third-order valence-corrected chi connectivity index (χ3v) is 6.36. The van der Waals surface area contributed by atoms with Crippen molar-refractivity contribution in [3.63, 3.8) is 0 Å². The number of pyridine rings is 1. The molecule has 1 heterocycles. The van der Waals surface area contributed by atoms with Crippen LogP contribution in [0.1, 0.15) is 43.5 Å². The predicted molar refractivity (Wildman–Crippen MR) is 113 cm³/mol. The molecule has 3 aromatic rings. The number of halogens is 2. The number of nitrogens with one attached hydrogen (secondary N) is 1. The number of nitrogens with zero attached hydrogens (tertiary/aromatic N) is 1. The summed E-state index contributed by atoms with van der Waals surface area (Å²) in [5.74, 6) is -1.04. The monoisotopic (exact) mass is 410 g/mol. The second-order valence-corrected chi connectivity index (χ2v) is 8.21. The van der Waals surface area contributed by atoms with Gasteiger partial charge in [-0.15, -0.1) is 0 Å². The van der Waals surface area contributed by atoms with Crippen molar-refractivity contribution in [3.8, 4) is 5.69 Å². The van der Waals surface area contributed by atoms with E-state index in [4.69, 9.17) is 0 Å². The molecule has 1 amide bonds. The summed E-state index contributed by atoms with van der Waals surface area (Å²) in [7, 11) is 0. The van der Waals surface area contributed by atoms with Crippen LogP contribution in [0.15, 0.2) is 53.5 Å². The zero-order chi connectivity index (χ0) is 21.4. The third-order valence-electron chi connectivity index (χ3n) is 6.36. The SMILES string of the molecule is C[C@@H]1[C@H](C)CCC[C@H]1NC(=O)c1cn(-c2ccc(F)cc2F)c(=O)c2ccccc12. The van der Waals surface area contributed by atoms with Gasteiger partial charge in [-0.05, 0) is 36.5 Å². The van der Waals surface area contributed by atoms with E-state index in [1.807, 2.05) is 0 Å². The highest BCUT2D eigenvalue weighted by Gasteiger charge is 2.29. The van der Waals surface area contributed by atoms with E-state index in [0.29, 0.717) is 28.2 Å². The lowest BCUT2D eigenvalue weighted by Crippen LogP contribution is -2.44. The Morgan fingerprint density at radius 3 is 2.53 bits per heavy atom. The van der Waals surface area contributed by atoms with Crippen molar-refractivity contribution < 1.29 is 13.6 Å². The molecule has 1 aromatic heterocycles. The lowest BCUT2D eigenvalue weighted by Gasteiger charge is -2.34. The molecular weight excluding hydrogens is 386 g/mol. The van der Waals surface area contributed by atoms with Crippen molar-refractivity contribution in [1.82, 2.24) is 9.88 Å². The summed E-state index contributed by atoms with van der Waals surface area (Å²) in [6.07, 6.45) is 4.46. The van der Waals surface area contributed by atoms with Gasteiger partial charge in [-0.3, -0.25) is 14.2 Å². The molecule has 1 aliphatic carbocycles. The van der Waals surface area contributed by atoms with Gasteiger partial charge >= 0.3 is 0 Å². The molecule has 1 N–H and O–H groups in total. The van der Waals surface area contributed by atoms with Crippen LogP contribution in [-0.2, 0) is 0 Å². The summed E-state index contributed by atoms with van der Waals surface area (Å²) in [5, 5.41) is 3.94. The highest BCUT2D eigenvalue weighted by Crippen LogP contribution is 2.30. The summed E-state index contributed by atoms with van der Waals surface area (Å²) in [6.45, 7) is 4.33. The molecule has 156 valence electrons. The summed E-state index contributed by atoms with van der Waals surface area (Å²) < 4.78 is 28.9. The molecule has 0 aliphatic heterocycles. The Labute approximate surface area is 173 Å². The first kappa shape index (κ1) is 20.3. The van der Waals surface area contributed by atoms with E-state index in [-0.39, 0.29) is 17.6 Å². The highest BCUT2D eigenvalue weighted by atomic mass is 19.1. The molecule has 1 saturated carbocycles. The van der Waals surface area contributed by atoms with Gasteiger partial charge in [-0.1, -0.05) is 44.9 Å². The van der Waals surface area contributed by atoms with Gasteiger partial charge in [0.2, 0.25) is 0 Å². The van der Waals surface area contributed by atoms with Gasteiger partial charge in [-0.2, -0.15) is 0 Å². The average molecular weight is 410 g/mol. The maximum atomic E-state index is 14.4. The van der Waals surface area contributed by atoms with Gasteiger partial charge in [0.15, 0.2) is 0 Å². The Morgan fingerprint density at radius 2 is 1.80 bits per heavy atom. The van der Waals surface area contributed by atoms with E-state index in [1.165, 1.54) is 12.3 Å². The molecule has 0 bridgehead atoms. The molecule has 6 heteroatoms. The number of fused-ring (bicyclic) bond motifs is 1. The van der Waals surface area contributed by atoms with E-state index >= 15 is 0 Å². The molecule has 0 unspecified atom stereocenters. The Kier molecular flexibility index (Phi) is 5.41. The Balaban J connectivity index is 1.82. The van der Waals surface area contributed by atoms with E-state index in [2.05, 4.69) is 19.2 Å². The van der Waals surface area contributed by atoms with Crippen LogP contribution in [0.4, 0.5) is 8.78 Å². The number of carbonyl (C=O) groups excluding carboxylic acids is 1.